The molecule has 1 heterocycles. The molecule has 0 bridgehead atoms. The summed E-state index contributed by atoms with van der Waals surface area (Å²) in [5, 5.41) is 7.90. The highest BCUT2D eigenvalue weighted by Crippen LogP contribution is 2.54. The molecule has 1 aromatic heterocycles. The monoisotopic (exact) mass is 609 g/mol. The van der Waals surface area contributed by atoms with Gasteiger partial charge in [0.15, 0.2) is 0 Å². The Kier molecular flexibility index (Phi) is 4.97. The maximum absolute atomic E-state index is 2.49. The van der Waals surface area contributed by atoms with Gasteiger partial charge in [-0.15, -0.1) is 0 Å². The van der Waals surface area contributed by atoms with E-state index in [0.717, 1.165) is 0 Å². The minimum Gasteiger partial charge on any atom is -0.309 e. The molecule has 2 aliphatic carbocycles. The number of hydrogen-bond acceptors (Lipinski definition) is 0. The molecule has 0 saturated carbocycles. The zero-order chi connectivity index (χ0) is 31.7. The number of fused-ring (bicyclic) bond motifs is 11. The van der Waals surface area contributed by atoms with E-state index in [1.807, 2.05) is 0 Å². The second kappa shape index (κ2) is 9.12. The van der Waals surface area contributed by atoms with Crippen LogP contribution in [0.1, 0.15) is 25.0 Å². The zero-order valence-corrected chi connectivity index (χ0v) is 26.9. The van der Waals surface area contributed by atoms with Gasteiger partial charge in [0, 0.05) is 21.9 Å². The summed E-state index contributed by atoms with van der Waals surface area (Å²) in [5.41, 5.74) is 17.0. The van der Waals surface area contributed by atoms with Gasteiger partial charge in [-0.2, -0.15) is 0 Å². The number of aromatic nitrogens is 1. The minimum absolute atomic E-state index is 0.103. The van der Waals surface area contributed by atoms with Gasteiger partial charge in [-0.3, -0.25) is 0 Å². The molecule has 0 N–H and O–H groups in total. The molecule has 224 valence electrons. The van der Waals surface area contributed by atoms with E-state index in [1.54, 1.807) is 0 Å². The van der Waals surface area contributed by atoms with Crippen LogP contribution in [0.2, 0.25) is 0 Å². The van der Waals surface area contributed by atoms with Crippen LogP contribution in [0, 0.1) is 0 Å². The highest BCUT2D eigenvalue weighted by molar-refractivity contribution is 6.19. The Labute approximate surface area is 279 Å². The maximum Gasteiger partial charge on any atom is 0.0544 e. The zero-order valence-electron chi connectivity index (χ0n) is 26.9. The van der Waals surface area contributed by atoms with E-state index < -0.39 is 0 Å². The molecule has 11 rings (SSSR count). The second-order valence-corrected chi connectivity index (χ2v) is 14.1. The van der Waals surface area contributed by atoms with Crippen molar-refractivity contribution in [3.8, 4) is 50.2 Å². The summed E-state index contributed by atoms with van der Waals surface area (Å²) in [6.45, 7) is 4.78. The van der Waals surface area contributed by atoms with Crippen molar-refractivity contribution in [1.29, 1.82) is 0 Å². The average molecular weight is 610 g/mol. The molecule has 0 unspecified atom stereocenters. The van der Waals surface area contributed by atoms with Gasteiger partial charge in [-0.1, -0.05) is 135 Å². The average Bonchev–Trinajstić information content (AvgIpc) is 3.72. The molecule has 0 amide bonds. The van der Waals surface area contributed by atoms with E-state index in [9.17, 15) is 0 Å². The van der Waals surface area contributed by atoms with Crippen LogP contribution in [0.5, 0.6) is 0 Å². The number of rotatable bonds is 2. The molecule has 48 heavy (non-hydrogen) atoms. The van der Waals surface area contributed by atoms with E-state index in [2.05, 4.69) is 170 Å². The van der Waals surface area contributed by atoms with Crippen molar-refractivity contribution < 1.29 is 0 Å². The Hall–Kier alpha value is -5.92. The first-order valence-electron chi connectivity index (χ1n) is 16.9. The molecular weight excluding hydrogens is 579 g/mol. The summed E-state index contributed by atoms with van der Waals surface area (Å²) in [5.74, 6) is 0. The molecule has 0 aliphatic heterocycles. The van der Waals surface area contributed by atoms with E-state index >= 15 is 0 Å². The molecule has 0 fully saturated rings. The normalized spacial score (nSPS) is 13.8. The third-order valence-corrected chi connectivity index (χ3v) is 11.3. The van der Waals surface area contributed by atoms with Gasteiger partial charge < -0.3 is 4.57 Å². The van der Waals surface area contributed by atoms with Gasteiger partial charge in [0.2, 0.25) is 0 Å². The number of para-hydroxylation sites is 1. The van der Waals surface area contributed by atoms with Gasteiger partial charge in [0.05, 0.1) is 11.0 Å². The Bertz CT molecular complexity index is 2830. The Morgan fingerprint density at radius 2 is 1.10 bits per heavy atom. The van der Waals surface area contributed by atoms with Crippen LogP contribution in [0.3, 0.4) is 0 Å². The highest BCUT2D eigenvalue weighted by atomic mass is 15.0. The van der Waals surface area contributed by atoms with E-state index in [1.165, 1.54) is 105 Å². The van der Waals surface area contributed by atoms with Crippen LogP contribution >= 0.6 is 0 Å². The summed E-state index contributed by atoms with van der Waals surface area (Å²) < 4.78 is 2.49. The van der Waals surface area contributed by atoms with Crippen LogP contribution < -0.4 is 0 Å². The standard InChI is InChI=1S/C47H31N/c1-47(2)41-24-21-28-11-3-4-14-32(28)46(41)40-26-39-35-17-7-8-20-43(35)48(44(39)27-42(40)47)30-13-9-12-29(25-30)31-22-23-38-34-16-6-5-15-33(34)37-19-10-18-36(31)45(37)38/h3-27H,1-2H3. The predicted molar refractivity (Wildman–Crippen MR) is 203 cm³/mol. The van der Waals surface area contributed by atoms with Crippen LogP contribution in [0.4, 0.5) is 0 Å². The van der Waals surface area contributed by atoms with Gasteiger partial charge >= 0.3 is 0 Å². The smallest absolute Gasteiger partial charge is 0.0544 e. The Morgan fingerprint density at radius 1 is 0.417 bits per heavy atom. The number of hydrogen-bond donors (Lipinski definition) is 0. The molecule has 0 radical (unpaired) electrons. The molecule has 1 nitrogen and oxygen atoms in total. The second-order valence-electron chi connectivity index (χ2n) is 14.1. The first-order valence-corrected chi connectivity index (χ1v) is 16.9. The molecule has 8 aromatic carbocycles. The lowest BCUT2D eigenvalue weighted by Gasteiger charge is -2.22. The van der Waals surface area contributed by atoms with Crippen molar-refractivity contribution in [2.45, 2.75) is 19.3 Å². The first-order chi connectivity index (χ1) is 23.6. The van der Waals surface area contributed by atoms with Crippen molar-refractivity contribution in [2.24, 2.45) is 0 Å². The van der Waals surface area contributed by atoms with Crippen LogP contribution in [-0.2, 0) is 5.41 Å². The van der Waals surface area contributed by atoms with Crippen molar-refractivity contribution in [1.82, 2.24) is 4.57 Å². The third kappa shape index (κ3) is 3.26. The molecule has 1 heteroatoms. The van der Waals surface area contributed by atoms with Gasteiger partial charge in [0.25, 0.3) is 0 Å². The van der Waals surface area contributed by atoms with Crippen LogP contribution in [0.15, 0.2) is 152 Å². The fraction of sp³-hybridized carbons (Fsp3) is 0.0638. The topological polar surface area (TPSA) is 4.93 Å². The van der Waals surface area contributed by atoms with Crippen LogP contribution in [-0.4, -0.2) is 4.57 Å². The molecule has 0 spiro atoms. The lowest BCUT2D eigenvalue weighted by Crippen LogP contribution is -2.15. The fourth-order valence-electron chi connectivity index (χ4n) is 9.12. The van der Waals surface area contributed by atoms with E-state index in [4.69, 9.17) is 0 Å². The summed E-state index contributed by atoms with van der Waals surface area (Å²) in [6.07, 6.45) is 0. The molecular formula is C47H31N. The first kappa shape index (κ1) is 26.2. The molecule has 0 saturated heterocycles. The van der Waals surface area contributed by atoms with Crippen molar-refractivity contribution in [3.05, 3.63) is 163 Å². The van der Waals surface area contributed by atoms with Gasteiger partial charge in [0.1, 0.15) is 0 Å². The SMILES string of the molecule is CC1(C)c2cc3c(cc2-c2c1ccc1ccccc21)c1ccccc1n3-c1cccc(-c2ccc3c4c(cccc24)-c2ccccc2-3)c1. The van der Waals surface area contributed by atoms with Crippen LogP contribution in [0.25, 0.3) is 93.5 Å². The maximum atomic E-state index is 2.49. The third-order valence-electron chi connectivity index (χ3n) is 11.3. The lowest BCUT2D eigenvalue weighted by molar-refractivity contribution is 0.661. The fourth-order valence-corrected chi connectivity index (χ4v) is 9.12. The van der Waals surface area contributed by atoms with Crippen molar-refractivity contribution in [2.75, 3.05) is 0 Å². The molecule has 2 aliphatic rings. The quantitative estimate of drug-likeness (QED) is 0.184. The van der Waals surface area contributed by atoms with E-state index in [-0.39, 0.29) is 5.41 Å². The summed E-state index contributed by atoms with van der Waals surface area (Å²) >= 11 is 0. The summed E-state index contributed by atoms with van der Waals surface area (Å²) in [7, 11) is 0. The van der Waals surface area contributed by atoms with Gasteiger partial charge in [-0.05, 0) is 108 Å². The van der Waals surface area contributed by atoms with Gasteiger partial charge in [-0.25, -0.2) is 0 Å². The Morgan fingerprint density at radius 3 is 1.98 bits per heavy atom. The predicted octanol–water partition coefficient (Wildman–Crippen LogP) is 12.7. The summed E-state index contributed by atoms with van der Waals surface area (Å²) in [4.78, 5) is 0. The lowest BCUT2D eigenvalue weighted by atomic mass is 9.82. The Balaban J connectivity index is 1.15. The number of nitrogens with zero attached hydrogens (tertiary/aromatic N) is 1. The van der Waals surface area contributed by atoms with Crippen molar-refractivity contribution in [3.63, 3.8) is 0 Å². The summed E-state index contributed by atoms with van der Waals surface area (Å²) in [6, 6.07) is 56.8. The van der Waals surface area contributed by atoms with E-state index in [0.29, 0.717) is 0 Å². The minimum atomic E-state index is -0.103. The van der Waals surface area contributed by atoms with Crippen molar-refractivity contribution >= 4 is 43.4 Å². The molecule has 0 atom stereocenters. The number of benzene rings is 8. The highest BCUT2D eigenvalue weighted by Gasteiger charge is 2.37. The largest absolute Gasteiger partial charge is 0.309 e. The molecule has 9 aromatic rings.